The third-order valence-corrected chi connectivity index (χ3v) is 5.91. The number of hydrogen-bond acceptors (Lipinski definition) is 4. The average molecular weight is 384 g/mol. The topological polar surface area (TPSA) is 63.9 Å². The van der Waals surface area contributed by atoms with E-state index in [1.54, 1.807) is 18.2 Å². The lowest BCUT2D eigenvalue weighted by atomic mass is 9.86. The van der Waals surface area contributed by atoms with E-state index in [1.165, 1.54) is 12.0 Å². The molecule has 0 radical (unpaired) electrons. The Morgan fingerprint density at radius 2 is 1.79 bits per heavy atom. The van der Waals surface area contributed by atoms with Crippen LogP contribution in [0.2, 0.25) is 0 Å². The van der Waals surface area contributed by atoms with E-state index in [4.69, 9.17) is 0 Å². The van der Waals surface area contributed by atoms with E-state index in [-0.39, 0.29) is 11.5 Å². The summed E-state index contributed by atoms with van der Waals surface area (Å²) in [6, 6.07) is 11.6. The fourth-order valence-electron chi connectivity index (χ4n) is 4.39. The molecule has 2 aromatic rings. The van der Waals surface area contributed by atoms with Crippen LogP contribution in [0.4, 0.5) is 0 Å². The van der Waals surface area contributed by atoms with Crippen LogP contribution in [0, 0.1) is 0 Å². The van der Waals surface area contributed by atoms with Gasteiger partial charge >= 0.3 is 0 Å². The predicted octanol–water partition coefficient (Wildman–Crippen LogP) is 4.79. The highest BCUT2D eigenvalue weighted by Gasteiger charge is 2.24. The summed E-state index contributed by atoms with van der Waals surface area (Å²) in [6.45, 7) is 4.49. The Balaban J connectivity index is 1.46. The van der Waals surface area contributed by atoms with Crippen molar-refractivity contribution in [3.05, 3.63) is 53.1 Å². The molecule has 0 unspecified atom stereocenters. The Kier molecular flexibility index (Phi) is 7.21. The summed E-state index contributed by atoms with van der Waals surface area (Å²) in [4.78, 5) is 2.64. The Morgan fingerprint density at radius 1 is 0.929 bits per heavy atom. The van der Waals surface area contributed by atoms with Crippen LogP contribution >= 0.6 is 0 Å². The highest BCUT2D eigenvalue weighted by Crippen LogP contribution is 2.31. The van der Waals surface area contributed by atoms with Gasteiger partial charge in [-0.05, 0) is 92.9 Å². The van der Waals surface area contributed by atoms with Crippen molar-refractivity contribution in [2.75, 3.05) is 13.1 Å². The van der Waals surface area contributed by atoms with Crippen LogP contribution in [0.15, 0.2) is 36.4 Å². The van der Waals surface area contributed by atoms with Gasteiger partial charge in [0.15, 0.2) is 11.5 Å². The smallest absolute Gasteiger partial charge is 0.157 e. The second-order valence-electron chi connectivity index (χ2n) is 7.98. The largest absolute Gasteiger partial charge is 0.508 e. The van der Waals surface area contributed by atoms with Crippen LogP contribution in [-0.4, -0.2) is 39.4 Å². The molecule has 0 saturated carbocycles. The summed E-state index contributed by atoms with van der Waals surface area (Å²) in [5.41, 5.74) is 3.53. The van der Waals surface area contributed by atoms with Crippen LogP contribution in [0.1, 0.15) is 55.7 Å². The van der Waals surface area contributed by atoms with E-state index in [0.29, 0.717) is 11.8 Å². The number of nitrogens with zero attached hydrogens (tertiary/aromatic N) is 1. The molecule has 2 aromatic carbocycles. The summed E-state index contributed by atoms with van der Waals surface area (Å²) < 4.78 is 0. The molecule has 4 nitrogen and oxygen atoms in total. The third kappa shape index (κ3) is 5.20. The molecule has 1 aliphatic carbocycles. The fourth-order valence-corrected chi connectivity index (χ4v) is 4.39. The Morgan fingerprint density at radius 3 is 2.57 bits per heavy atom. The maximum absolute atomic E-state index is 10.1. The van der Waals surface area contributed by atoms with Crippen LogP contribution < -0.4 is 0 Å². The average Bonchev–Trinajstić information content (AvgIpc) is 2.69. The Labute approximate surface area is 168 Å². The van der Waals surface area contributed by atoms with Gasteiger partial charge in [0.25, 0.3) is 0 Å². The minimum Gasteiger partial charge on any atom is -0.508 e. The first kappa shape index (κ1) is 20.5. The summed E-state index contributed by atoms with van der Waals surface area (Å²) >= 11 is 0. The normalized spacial score (nSPS) is 16.3. The quantitative estimate of drug-likeness (QED) is 0.430. The zero-order valence-corrected chi connectivity index (χ0v) is 16.9. The molecule has 1 aliphatic rings. The number of aryl methyl sites for hydroxylation is 1. The lowest BCUT2D eigenvalue weighted by Gasteiger charge is -2.35. The molecule has 3 N–H and O–H groups in total. The van der Waals surface area contributed by atoms with Crippen molar-refractivity contribution in [2.45, 2.75) is 64.3 Å². The van der Waals surface area contributed by atoms with Crippen LogP contribution in [-0.2, 0) is 19.3 Å². The summed E-state index contributed by atoms with van der Waals surface area (Å²) in [5.74, 6) is 0.370. The SMILES string of the molecule is CCCN(CCCCCc1ccc(O)c(O)c1)[C@H]1CCc2c(O)cccc2C1. The van der Waals surface area contributed by atoms with Gasteiger partial charge in [-0.3, -0.25) is 0 Å². The molecule has 0 heterocycles. The second kappa shape index (κ2) is 9.83. The monoisotopic (exact) mass is 383 g/mol. The fraction of sp³-hybridized carbons (Fsp3) is 0.500. The summed E-state index contributed by atoms with van der Waals surface area (Å²) in [5, 5.41) is 29.1. The van der Waals surface area contributed by atoms with Crippen molar-refractivity contribution in [3.63, 3.8) is 0 Å². The molecule has 28 heavy (non-hydrogen) atoms. The molecule has 3 rings (SSSR count). The van der Waals surface area contributed by atoms with Crippen molar-refractivity contribution in [1.29, 1.82) is 0 Å². The Bertz CT molecular complexity index is 774. The highest BCUT2D eigenvalue weighted by molar-refractivity contribution is 5.41. The first-order valence-corrected chi connectivity index (χ1v) is 10.6. The number of phenolic OH excluding ortho intramolecular Hbond substituents is 3. The maximum atomic E-state index is 10.1. The molecule has 0 amide bonds. The Hall–Kier alpha value is -2.20. The lowest BCUT2D eigenvalue weighted by molar-refractivity contribution is 0.175. The van der Waals surface area contributed by atoms with E-state index in [2.05, 4.69) is 17.9 Å². The molecular formula is C24H33NO3. The van der Waals surface area contributed by atoms with Crippen LogP contribution in [0.25, 0.3) is 0 Å². The molecule has 0 spiro atoms. The van der Waals surface area contributed by atoms with E-state index < -0.39 is 0 Å². The summed E-state index contributed by atoms with van der Waals surface area (Å²) in [7, 11) is 0. The van der Waals surface area contributed by atoms with E-state index in [0.717, 1.165) is 69.2 Å². The van der Waals surface area contributed by atoms with Crippen molar-refractivity contribution in [1.82, 2.24) is 4.90 Å². The molecule has 0 saturated heterocycles. The number of hydrogen-bond donors (Lipinski definition) is 3. The predicted molar refractivity (Wildman–Crippen MR) is 113 cm³/mol. The maximum Gasteiger partial charge on any atom is 0.157 e. The van der Waals surface area contributed by atoms with Crippen molar-refractivity contribution < 1.29 is 15.3 Å². The molecule has 0 aromatic heterocycles. The molecule has 0 fully saturated rings. The molecule has 4 heteroatoms. The van der Waals surface area contributed by atoms with Gasteiger partial charge in [0, 0.05) is 6.04 Å². The van der Waals surface area contributed by atoms with E-state index in [1.807, 2.05) is 12.1 Å². The third-order valence-electron chi connectivity index (χ3n) is 5.91. The van der Waals surface area contributed by atoms with Gasteiger partial charge in [0.1, 0.15) is 5.75 Å². The van der Waals surface area contributed by atoms with Crippen LogP contribution in [0.5, 0.6) is 17.2 Å². The molecule has 0 bridgehead atoms. The van der Waals surface area contributed by atoms with Gasteiger partial charge in [0.05, 0.1) is 0 Å². The first-order chi connectivity index (χ1) is 13.6. The zero-order chi connectivity index (χ0) is 19.9. The van der Waals surface area contributed by atoms with Gasteiger partial charge in [0.2, 0.25) is 0 Å². The van der Waals surface area contributed by atoms with Gasteiger partial charge in [-0.25, -0.2) is 0 Å². The number of fused-ring (bicyclic) bond motifs is 1. The number of unbranched alkanes of at least 4 members (excludes halogenated alkanes) is 2. The minimum absolute atomic E-state index is 0.0322. The van der Waals surface area contributed by atoms with E-state index >= 15 is 0 Å². The number of aromatic hydroxyl groups is 3. The standard InChI is InChI=1S/C24H33NO3/c1-2-14-25(20-11-12-21-19(17-20)8-6-9-22(21)26)15-5-3-4-7-18-10-13-23(27)24(28)16-18/h6,8-10,13,16,20,26-28H,2-5,7,11-12,14-15,17H2,1H3/t20-/m0/s1. The van der Waals surface area contributed by atoms with Crippen LogP contribution in [0.3, 0.4) is 0 Å². The molecule has 152 valence electrons. The van der Waals surface area contributed by atoms with E-state index in [9.17, 15) is 15.3 Å². The number of rotatable bonds is 9. The molecule has 1 atom stereocenters. The van der Waals surface area contributed by atoms with Crippen molar-refractivity contribution >= 4 is 0 Å². The lowest BCUT2D eigenvalue weighted by Crippen LogP contribution is -2.40. The minimum atomic E-state index is -0.0543. The van der Waals surface area contributed by atoms with Crippen molar-refractivity contribution in [3.8, 4) is 17.2 Å². The van der Waals surface area contributed by atoms with Gasteiger partial charge in [-0.15, -0.1) is 0 Å². The highest BCUT2D eigenvalue weighted by atomic mass is 16.3. The number of benzene rings is 2. The van der Waals surface area contributed by atoms with Gasteiger partial charge in [-0.1, -0.05) is 31.5 Å². The van der Waals surface area contributed by atoms with Gasteiger partial charge < -0.3 is 20.2 Å². The molecular weight excluding hydrogens is 350 g/mol. The number of phenols is 3. The van der Waals surface area contributed by atoms with Crippen molar-refractivity contribution in [2.24, 2.45) is 0 Å². The molecule has 0 aliphatic heterocycles. The second-order valence-corrected chi connectivity index (χ2v) is 7.98. The first-order valence-electron chi connectivity index (χ1n) is 10.6. The van der Waals surface area contributed by atoms with Gasteiger partial charge in [-0.2, -0.15) is 0 Å². The zero-order valence-electron chi connectivity index (χ0n) is 16.9. The summed E-state index contributed by atoms with van der Waals surface area (Å²) in [6.07, 6.45) is 8.64.